The van der Waals surface area contributed by atoms with Gasteiger partial charge in [0.25, 0.3) is 0 Å². The number of nitrogens with zero attached hydrogens (tertiary/aromatic N) is 3. The standard InChI is InChI=1S/C19H22N4O4/c20-11-16-10-18(22-13-21-16)27-12-14-3-1-4-15(9-14)17(24)5-2-6-23-7-8-26-19(23)25/h1,3-4,9-10,13H,2,5-8,11-12,20H2. The van der Waals surface area contributed by atoms with Crippen LogP contribution in [0.4, 0.5) is 4.79 Å². The molecule has 27 heavy (non-hydrogen) atoms. The van der Waals surface area contributed by atoms with Crippen LogP contribution in [0.2, 0.25) is 0 Å². The van der Waals surface area contributed by atoms with Crippen LogP contribution in [0.5, 0.6) is 5.88 Å². The molecule has 2 N–H and O–H groups in total. The fourth-order valence-corrected chi connectivity index (χ4v) is 2.76. The molecule has 8 nitrogen and oxygen atoms in total. The first kappa shape index (κ1) is 18.8. The average molecular weight is 370 g/mol. The predicted molar refractivity (Wildman–Crippen MR) is 97.2 cm³/mol. The summed E-state index contributed by atoms with van der Waals surface area (Å²) < 4.78 is 10.5. The number of nitrogens with two attached hydrogens (primary N) is 1. The van der Waals surface area contributed by atoms with Crippen LogP contribution in [0.3, 0.4) is 0 Å². The van der Waals surface area contributed by atoms with Crippen LogP contribution >= 0.6 is 0 Å². The summed E-state index contributed by atoms with van der Waals surface area (Å²) in [5.74, 6) is 0.483. The second-order valence-electron chi connectivity index (χ2n) is 6.17. The Morgan fingerprint density at radius 2 is 2.19 bits per heavy atom. The van der Waals surface area contributed by atoms with E-state index < -0.39 is 0 Å². The zero-order valence-electron chi connectivity index (χ0n) is 15.0. The van der Waals surface area contributed by atoms with Crippen molar-refractivity contribution >= 4 is 11.9 Å². The molecule has 1 aliphatic rings. The predicted octanol–water partition coefficient (Wildman–Crippen LogP) is 1.93. The summed E-state index contributed by atoms with van der Waals surface area (Å²) in [6, 6.07) is 9.01. The van der Waals surface area contributed by atoms with Gasteiger partial charge in [0.2, 0.25) is 5.88 Å². The maximum Gasteiger partial charge on any atom is 0.409 e. The van der Waals surface area contributed by atoms with Crippen molar-refractivity contribution in [3.05, 3.63) is 53.5 Å². The highest BCUT2D eigenvalue weighted by atomic mass is 16.6. The molecule has 1 amide bonds. The topological polar surface area (TPSA) is 108 Å². The molecule has 2 heterocycles. The number of hydrogen-bond acceptors (Lipinski definition) is 7. The van der Waals surface area contributed by atoms with E-state index in [1.807, 2.05) is 18.2 Å². The summed E-state index contributed by atoms with van der Waals surface area (Å²) in [6.07, 6.45) is 2.09. The fourth-order valence-electron chi connectivity index (χ4n) is 2.76. The van der Waals surface area contributed by atoms with Crippen molar-refractivity contribution in [2.24, 2.45) is 5.73 Å². The third-order valence-electron chi connectivity index (χ3n) is 4.22. The van der Waals surface area contributed by atoms with Gasteiger partial charge in [-0.3, -0.25) is 4.79 Å². The number of Topliss-reactive ketones (excluding diaryl/α,β-unsaturated/α-hetero) is 1. The van der Waals surface area contributed by atoms with Crippen LogP contribution in [0.1, 0.15) is 34.5 Å². The minimum Gasteiger partial charge on any atom is -0.473 e. The van der Waals surface area contributed by atoms with Crippen LogP contribution in [0, 0.1) is 0 Å². The van der Waals surface area contributed by atoms with Gasteiger partial charge < -0.3 is 20.1 Å². The molecular weight excluding hydrogens is 348 g/mol. The molecule has 0 radical (unpaired) electrons. The molecule has 0 spiro atoms. The Hall–Kier alpha value is -3.00. The van der Waals surface area contributed by atoms with Gasteiger partial charge in [0.15, 0.2) is 5.78 Å². The number of carbonyl (C=O) groups is 2. The molecule has 2 aromatic rings. The lowest BCUT2D eigenvalue weighted by molar-refractivity contribution is 0.0975. The Morgan fingerprint density at radius 3 is 2.96 bits per heavy atom. The maximum atomic E-state index is 12.4. The number of cyclic esters (lactones) is 1. The number of amides is 1. The molecule has 142 valence electrons. The number of ketones is 1. The zero-order valence-corrected chi connectivity index (χ0v) is 15.0. The van der Waals surface area contributed by atoms with Crippen molar-refractivity contribution in [3.63, 3.8) is 0 Å². The van der Waals surface area contributed by atoms with Crippen LogP contribution in [0.15, 0.2) is 36.7 Å². The van der Waals surface area contributed by atoms with Crippen molar-refractivity contribution in [3.8, 4) is 5.88 Å². The number of aromatic nitrogens is 2. The molecule has 0 bridgehead atoms. The van der Waals surface area contributed by atoms with E-state index in [0.717, 1.165) is 5.56 Å². The maximum absolute atomic E-state index is 12.4. The summed E-state index contributed by atoms with van der Waals surface area (Å²) in [6.45, 7) is 2.16. The highest BCUT2D eigenvalue weighted by Gasteiger charge is 2.21. The molecule has 1 aromatic carbocycles. The van der Waals surface area contributed by atoms with E-state index in [4.69, 9.17) is 15.2 Å². The third kappa shape index (κ3) is 5.24. The Kier molecular flexibility index (Phi) is 6.32. The molecular formula is C19H22N4O4. The van der Waals surface area contributed by atoms with Gasteiger partial charge in [-0.2, -0.15) is 0 Å². The van der Waals surface area contributed by atoms with E-state index in [2.05, 4.69) is 9.97 Å². The number of hydrogen-bond donors (Lipinski definition) is 1. The van der Waals surface area contributed by atoms with Gasteiger partial charge in [0.05, 0.1) is 12.2 Å². The van der Waals surface area contributed by atoms with E-state index in [1.54, 1.807) is 17.0 Å². The minimum absolute atomic E-state index is 0.0388. The zero-order chi connectivity index (χ0) is 19.1. The number of ether oxygens (including phenoxy) is 2. The van der Waals surface area contributed by atoms with E-state index in [1.165, 1.54) is 6.33 Å². The second-order valence-corrected chi connectivity index (χ2v) is 6.17. The van der Waals surface area contributed by atoms with Crippen LogP contribution in [-0.2, 0) is 17.9 Å². The quantitative estimate of drug-likeness (QED) is 0.672. The van der Waals surface area contributed by atoms with Crippen molar-refractivity contribution in [1.82, 2.24) is 14.9 Å². The molecule has 0 unspecified atom stereocenters. The summed E-state index contributed by atoms with van der Waals surface area (Å²) >= 11 is 0. The van der Waals surface area contributed by atoms with Crippen LogP contribution in [-0.4, -0.2) is 46.4 Å². The van der Waals surface area contributed by atoms with Gasteiger partial charge in [-0.25, -0.2) is 14.8 Å². The molecule has 8 heteroatoms. The average Bonchev–Trinajstić information content (AvgIpc) is 3.11. The van der Waals surface area contributed by atoms with E-state index in [-0.39, 0.29) is 11.9 Å². The Labute approximate surface area is 157 Å². The molecule has 1 aromatic heterocycles. The van der Waals surface area contributed by atoms with Crippen molar-refractivity contribution in [2.45, 2.75) is 26.0 Å². The monoisotopic (exact) mass is 370 g/mol. The van der Waals surface area contributed by atoms with Gasteiger partial charge in [-0.05, 0) is 18.1 Å². The lowest BCUT2D eigenvalue weighted by Gasteiger charge is -2.11. The lowest BCUT2D eigenvalue weighted by Crippen LogP contribution is -2.25. The van der Waals surface area contributed by atoms with Crippen LogP contribution < -0.4 is 10.5 Å². The molecule has 3 rings (SSSR count). The van der Waals surface area contributed by atoms with Gasteiger partial charge >= 0.3 is 6.09 Å². The first-order valence-corrected chi connectivity index (χ1v) is 8.83. The number of carbonyl (C=O) groups excluding carboxylic acids is 2. The Morgan fingerprint density at radius 1 is 1.30 bits per heavy atom. The summed E-state index contributed by atoms with van der Waals surface area (Å²) in [5, 5.41) is 0. The third-order valence-corrected chi connectivity index (χ3v) is 4.22. The molecule has 1 saturated heterocycles. The molecule has 1 aliphatic heterocycles. The lowest BCUT2D eigenvalue weighted by atomic mass is 10.0. The number of benzene rings is 1. The highest BCUT2D eigenvalue weighted by molar-refractivity contribution is 5.96. The summed E-state index contributed by atoms with van der Waals surface area (Å²) in [7, 11) is 0. The molecule has 0 atom stereocenters. The van der Waals surface area contributed by atoms with Gasteiger partial charge in [-0.1, -0.05) is 18.2 Å². The smallest absolute Gasteiger partial charge is 0.409 e. The van der Waals surface area contributed by atoms with Crippen LogP contribution in [0.25, 0.3) is 0 Å². The van der Waals surface area contributed by atoms with Crippen molar-refractivity contribution in [2.75, 3.05) is 19.7 Å². The molecule has 1 fully saturated rings. The van der Waals surface area contributed by atoms with Gasteiger partial charge in [0, 0.05) is 31.1 Å². The normalized spacial score (nSPS) is 13.5. The number of rotatable bonds is 9. The highest BCUT2D eigenvalue weighted by Crippen LogP contribution is 2.14. The molecule has 0 aliphatic carbocycles. The van der Waals surface area contributed by atoms with Gasteiger partial charge in [-0.15, -0.1) is 0 Å². The summed E-state index contributed by atoms with van der Waals surface area (Å²) in [5.41, 5.74) is 7.76. The summed E-state index contributed by atoms with van der Waals surface area (Å²) in [4.78, 5) is 33.5. The first-order chi connectivity index (χ1) is 13.2. The van der Waals surface area contributed by atoms with Crippen molar-refractivity contribution < 1.29 is 19.1 Å². The SMILES string of the molecule is NCc1cc(OCc2cccc(C(=O)CCCN3CCOC3=O)c2)ncn1. The van der Waals surface area contributed by atoms with Gasteiger partial charge in [0.1, 0.15) is 19.5 Å². The minimum atomic E-state index is -0.302. The molecule has 0 saturated carbocycles. The van der Waals surface area contributed by atoms with E-state index in [0.29, 0.717) is 62.8 Å². The van der Waals surface area contributed by atoms with E-state index in [9.17, 15) is 9.59 Å². The fraction of sp³-hybridized carbons (Fsp3) is 0.368. The Bertz CT molecular complexity index is 812. The van der Waals surface area contributed by atoms with E-state index >= 15 is 0 Å². The first-order valence-electron chi connectivity index (χ1n) is 8.83. The second kappa shape index (κ2) is 9.09. The van der Waals surface area contributed by atoms with Crippen molar-refractivity contribution in [1.29, 1.82) is 0 Å². The Balaban J connectivity index is 1.51. The largest absolute Gasteiger partial charge is 0.473 e.